The van der Waals surface area contributed by atoms with Crippen LogP contribution in [0, 0.1) is 0 Å². The molecule has 0 saturated carbocycles. The Morgan fingerprint density at radius 1 is 1.30 bits per heavy atom. The smallest absolute Gasteiger partial charge is 0.352 e. The average molecular weight is 655 g/mol. The molecule has 0 radical (unpaired) electrons. The number of nitrogens with two attached hydrogens (primary N) is 4. The zero-order valence-corrected chi connectivity index (χ0v) is 25.4. The van der Waals surface area contributed by atoms with Crippen LogP contribution in [0.15, 0.2) is 38.3 Å². The zero-order valence-electron chi connectivity index (χ0n) is 22.9. The summed E-state index contributed by atoms with van der Waals surface area (Å²) < 4.78 is 0. The van der Waals surface area contributed by atoms with Crippen molar-refractivity contribution in [1.29, 1.82) is 0 Å². The van der Waals surface area contributed by atoms with Gasteiger partial charge in [-0.3, -0.25) is 19.3 Å². The highest BCUT2D eigenvalue weighted by Crippen LogP contribution is 2.41. The molecular formula is C23H30N10O7S3. The first-order valence-corrected chi connectivity index (χ1v) is 15.6. The van der Waals surface area contributed by atoms with Gasteiger partial charge in [-0.1, -0.05) is 16.9 Å². The third kappa shape index (κ3) is 6.65. The summed E-state index contributed by atoms with van der Waals surface area (Å²) in [5.74, 6) is -3.34. The maximum absolute atomic E-state index is 13.2. The van der Waals surface area contributed by atoms with Crippen LogP contribution in [0.25, 0.3) is 0 Å². The summed E-state index contributed by atoms with van der Waals surface area (Å²) in [4.78, 5) is 66.1. The number of β-lactam (4-membered cyclic amide) rings is 1. The summed E-state index contributed by atoms with van der Waals surface area (Å²) in [5, 5.41) is 26.8. The van der Waals surface area contributed by atoms with Gasteiger partial charge in [0.1, 0.15) is 40.9 Å². The maximum Gasteiger partial charge on any atom is 0.352 e. The second-order valence-electron chi connectivity index (χ2n) is 9.40. The zero-order chi connectivity index (χ0) is 31.6. The predicted molar refractivity (Wildman–Crippen MR) is 161 cm³/mol. The van der Waals surface area contributed by atoms with Gasteiger partial charge in [0.25, 0.3) is 11.8 Å². The molecule has 1 aromatic rings. The standard InChI is InChI=1S/C23H30N10O7S3/c1-3-32-17(26)12(24)16(25)30-23(32)43-6-9-5-41-20-14(19(37)33(20)15(9)21(38)39)29-18(36)13(10-7-42-22(27)28-10)31-40-8(2)4-11(34)35/h7-8,14,17,20H,3-6,24-26H2,1-2H3,(H2,27,28)(H,29,36)(H,34,35)(H,38,39)/b31-13-/t8?,14?,17?,20-/m0/s1. The number of carbonyl (C=O) groups is 4. The van der Waals surface area contributed by atoms with Gasteiger partial charge in [-0.05, 0) is 19.4 Å². The molecule has 11 N–H and O–H groups in total. The Balaban J connectivity index is 1.50. The van der Waals surface area contributed by atoms with Gasteiger partial charge in [0.05, 0.1) is 12.1 Å². The van der Waals surface area contributed by atoms with Gasteiger partial charge in [-0.25, -0.2) is 14.8 Å². The average Bonchev–Trinajstić information content (AvgIpc) is 3.38. The highest BCUT2D eigenvalue weighted by atomic mass is 32.2. The van der Waals surface area contributed by atoms with E-state index < -0.39 is 47.4 Å². The van der Waals surface area contributed by atoms with Crippen molar-refractivity contribution in [2.24, 2.45) is 27.3 Å². The second kappa shape index (κ2) is 13.1. The van der Waals surface area contributed by atoms with Crippen molar-refractivity contribution in [2.75, 3.05) is 23.8 Å². The van der Waals surface area contributed by atoms with Crippen molar-refractivity contribution in [2.45, 2.75) is 44.0 Å². The topological polar surface area (TPSA) is 278 Å². The minimum absolute atomic E-state index is 0.0663. The third-order valence-corrected chi connectivity index (χ3v) is 9.52. The number of aliphatic imine (C=N–C) groups is 1. The number of aliphatic carboxylic acids is 2. The van der Waals surface area contributed by atoms with Crippen molar-refractivity contribution >= 4 is 74.6 Å². The number of carbonyl (C=O) groups excluding carboxylic acids is 2. The Hall–Kier alpha value is -4.01. The highest BCUT2D eigenvalue weighted by molar-refractivity contribution is 8.14. The van der Waals surface area contributed by atoms with Crippen LogP contribution in [0.2, 0.25) is 0 Å². The normalized spacial score (nSPS) is 23.0. The Labute approximate surface area is 257 Å². The van der Waals surface area contributed by atoms with E-state index in [-0.39, 0.29) is 51.7 Å². The summed E-state index contributed by atoms with van der Waals surface area (Å²) in [6.45, 7) is 3.81. The number of anilines is 1. The van der Waals surface area contributed by atoms with Gasteiger partial charge in [0.2, 0.25) is 0 Å². The van der Waals surface area contributed by atoms with E-state index in [2.05, 4.69) is 20.4 Å². The van der Waals surface area contributed by atoms with E-state index in [0.717, 1.165) is 16.2 Å². The molecular weight excluding hydrogens is 625 g/mol. The fraction of sp³-hybridized carbons (Fsp3) is 0.435. The first kappa shape index (κ1) is 31.9. The number of carboxylic acids is 2. The van der Waals surface area contributed by atoms with E-state index >= 15 is 0 Å². The van der Waals surface area contributed by atoms with Crippen LogP contribution in [0.3, 0.4) is 0 Å². The van der Waals surface area contributed by atoms with Crippen LogP contribution >= 0.6 is 34.9 Å². The first-order chi connectivity index (χ1) is 20.3. The van der Waals surface area contributed by atoms with Crippen LogP contribution in [0.4, 0.5) is 5.13 Å². The van der Waals surface area contributed by atoms with Crippen LogP contribution < -0.4 is 28.3 Å². The molecule has 0 spiro atoms. The van der Waals surface area contributed by atoms with E-state index in [1.54, 1.807) is 4.90 Å². The van der Waals surface area contributed by atoms with Crippen LogP contribution in [-0.2, 0) is 24.0 Å². The number of amides is 2. The van der Waals surface area contributed by atoms with Crippen molar-refractivity contribution < 1.29 is 34.2 Å². The summed E-state index contributed by atoms with van der Waals surface area (Å²) in [6, 6.07) is -1.07. The Kier molecular flexibility index (Phi) is 9.72. The monoisotopic (exact) mass is 654 g/mol. The molecule has 17 nitrogen and oxygen atoms in total. The van der Waals surface area contributed by atoms with E-state index in [1.165, 1.54) is 35.8 Å². The first-order valence-electron chi connectivity index (χ1n) is 12.7. The number of carboxylic acid groups (broad SMARTS) is 2. The lowest BCUT2D eigenvalue weighted by molar-refractivity contribution is -0.150. The minimum atomic E-state index is -1.29. The van der Waals surface area contributed by atoms with Crippen LogP contribution in [0.1, 0.15) is 26.0 Å². The number of nitrogens with one attached hydrogen (secondary N) is 1. The number of hydrogen-bond donors (Lipinski definition) is 7. The lowest BCUT2D eigenvalue weighted by Gasteiger charge is -2.49. The Morgan fingerprint density at radius 2 is 2.02 bits per heavy atom. The number of fused-ring (bicyclic) bond motifs is 1. The molecule has 0 aliphatic carbocycles. The summed E-state index contributed by atoms with van der Waals surface area (Å²) >= 11 is 3.55. The van der Waals surface area contributed by atoms with Gasteiger partial charge in [0, 0.05) is 23.4 Å². The SMILES string of the molecule is CCN1C(SCC2=C(C(=O)O)N3C(=O)C(NC(=O)/C(=N\OC(C)CC(=O)O)c4csc(N)n4)[C@@H]3SC2)=NC(N)=C(N)C1N. The number of nitrogens with zero attached hydrogens (tertiary/aromatic N) is 5. The number of rotatable bonds is 11. The highest BCUT2D eigenvalue weighted by Gasteiger charge is 2.54. The Bertz CT molecular complexity index is 1460. The van der Waals surface area contributed by atoms with Gasteiger partial charge in [-0.15, -0.1) is 23.1 Å². The second-order valence-corrected chi connectivity index (χ2v) is 12.3. The van der Waals surface area contributed by atoms with Gasteiger partial charge in [0.15, 0.2) is 16.0 Å². The molecule has 20 heteroatoms. The van der Waals surface area contributed by atoms with E-state index in [0.29, 0.717) is 17.3 Å². The van der Waals surface area contributed by atoms with Gasteiger partial charge < -0.3 is 48.2 Å². The fourth-order valence-corrected chi connectivity index (χ4v) is 7.44. The minimum Gasteiger partial charge on any atom is -0.481 e. The number of thioether (sulfide) groups is 2. The predicted octanol–water partition coefficient (Wildman–Crippen LogP) is -1.16. The van der Waals surface area contributed by atoms with E-state index in [9.17, 15) is 24.3 Å². The molecule has 0 bridgehead atoms. The molecule has 0 aromatic carbocycles. The van der Waals surface area contributed by atoms with Gasteiger partial charge >= 0.3 is 11.9 Å². The molecule has 3 aliphatic rings. The molecule has 4 atom stereocenters. The largest absolute Gasteiger partial charge is 0.481 e. The molecule has 3 unspecified atom stereocenters. The number of oxime groups is 1. The molecule has 232 valence electrons. The molecule has 4 heterocycles. The molecule has 2 amide bonds. The number of aromatic nitrogens is 1. The van der Waals surface area contributed by atoms with Crippen molar-refractivity contribution in [1.82, 2.24) is 20.1 Å². The quantitative estimate of drug-likeness (QED) is 0.0842. The molecule has 3 aliphatic heterocycles. The lowest BCUT2D eigenvalue weighted by Crippen LogP contribution is -2.71. The van der Waals surface area contributed by atoms with Crippen LogP contribution in [0.5, 0.6) is 0 Å². The van der Waals surface area contributed by atoms with Crippen molar-refractivity contribution in [3.63, 3.8) is 0 Å². The summed E-state index contributed by atoms with van der Waals surface area (Å²) in [7, 11) is 0. The molecule has 43 heavy (non-hydrogen) atoms. The molecule has 4 rings (SSSR count). The number of hydrogen-bond acceptors (Lipinski definition) is 16. The van der Waals surface area contributed by atoms with E-state index in [1.807, 2.05) is 6.92 Å². The number of nitrogen functional groups attached to an aromatic ring is 1. The number of thiazole rings is 1. The number of amidine groups is 1. The lowest BCUT2D eigenvalue weighted by atomic mass is 10.0. The Morgan fingerprint density at radius 3 is 2.63 bits per heavy atom. The molecule has 1 saturated heterocycles. The number of likely N-dealkylation sites (N-methyl/N-ethyl adjacent to an activating group) is 1. The fourth-order valence-electron chi connectivity index (χ4n) is 4.30. The summed E-state index contributed by atoms with van der Waals surface area (Å²) in [6.07, 6.45) is -1.91. The third-order valence-electron chi connectivity index (χ3n) is 6.43. The maximum atomic E-state index is 13.2. The molecule has 1 fully saturated rings. The summed E-state index contributed by atoms with van der Waals surface area (Å²) in [5.41, 5.74) is 24.0. The van der Waals surface area contributed by atoms with Crippen molar-refractivity contribution in [3.8, 4) is 0 Å². The van der Waals surface area contributed by atoms with Gasteiger partial charge in [-0.2, -0.15) is 0 Å². The van der Waals surface area contributed by atoms with E-state index in [4.69, 9.17) is 32.9 Å². The van der Waals surface area contributed by atoms with Crippen LogP contribution in [-0.4, -0.2) is 101 Å². The molecule has 1 aromatic heterocycles. The van der Waals surface area contributed by atoms with Crippen molar-refractivity contribution in [3.05, 3.63) is 33.9 Å².